The number of primary amides is 1. The molecule has 1 fully saturated rings. The van der Waals surface area contributed by atoms with Gasteiger partial charge < -0.3 is 20.6 Å². The van der Waals surface area contributed by atoms with Crippen molar-refractivity contribution in [3.05, 3.63) is 53.0 Å². The van der Waals surface area contributed by atoms with Crippen molar-refractivity contribution in [3.63, 3.8) is 0 Å². The number of amides is 2. The lowest BCUT2D eigenvalue weighted by atomic mass is 10.0. The number of alkyl halides is 3. The maximum Gasteiger partial charge on any atom is 0.417 e. The molecule has 0 saturated carbocycles. The number of carbonyl (C=O) groups excluding carboxylic acids is 2. The Kier molecular flexibility index (Phi) is 9.49. The lowest BCUT2D eigenvalue weighted by Gasteiger charge is -2.35. The Morgan fingerprint density at radius 1 is 1.06 bits per heavy atom. The van der Waals surface area contributed by atoms with E-state index in [4.69, 9.17) is 10.8 Å². The van der Waals surface area contributed by atoms with Gasteiger partial charge in [-0.05, 0) is 36.8 Å². The van der Waals surface area contributed by atoms with Crippen LogP contribution >= 0.6 is 0 Å². The molecular formula is C22H25F4N5O4. The number of piperazine rings is 1. The molecule has 1 aromatic carbocycles. The van der Waals surface area contributed by atoms with Crippen molar-refractivity contribution >= 4 is 23.6 Å². The van der Waals surface area contributed by atoms with Crippen LogP contribution in [0.25, 0.3) is 0 Å². The molecule has 0 unspecified atom stereocenters. The van der Waals surface area contributed by atoms with Crippen molar-refractivity contribution in [1.29, 1.82) is 0 Å². The normalized spacial score (nSPS) is 13.6. The Hall–Kier alpha value is -3.77. The Morgan fingerprint density at radius 3 is 2.17 bits per heavy atom. The molecule has 9 nitrogen and oxygen atoms in total. The minimum atomic E-state index is -4.78. The summed E-state index contributed by atoms with van der Waals surface area (Å²) >= 11 is 0. The number of nitrogens with zero attached hydrogens (tertiary/aromatic N) is 4. The molecule has 13 heteroatoms. The predicted octanol–water partition coefficient (Wildman–Crippen LogP) is 2.96. The van der Waals surface area contributed by atoms with Gasteiger partial charge >= 0.3 is 12.1 Å². The standard InChI is InChI=1S/C17H14F4N4O3.C5H11NO/c18-10-1-2-12(17(19,20)21)11(9-10)15(26)25-7-5-24(6-8-25)14-4-3-13(16(27)28)22-23-14;1-2-3-4-5(6)7/h1-4,9H,5-8H2,(H,27,28);2-4H2,1H3,(H2,6,7). The van der Waals surface area contributed by atoms with Gasteiger partial charge in [-0.2, -0.15) is 13.2 Å². The summed E-state index contributed by atoms with van der Waals surface area (Å²) in [6.45, 7) is 2.72. The van der Waals surface area contributed by atoms with Crippen molar-refractivity contribution in [3.8, 4) is 0 Å². The van der Waals surface area contributed by atoms with E-state index in [2.05, 4.69) is 10.2 Å². The first kappa shape index (κ1) is 27.5. The van der Waals surface area contributed by atoms with Crippen molar-refractivity contribution < 1.29 is 37.1 Å². The van der Waals surface area contributed by atoms with E-state index in [1.807, 2.05) is 6.92 Å². The summed E-state index contributed by atoms with van der Waals surface area (Å²) in [6.07, 6.45) is -2.27. The van der Waals surface area contributed by atoms with Crippen LogP contribution in [0.4, 0.5) is 23.4 Å². The molecule has 1 aliphatic rings. The fourth-order valence-corrected chi connectivity index (χ4v) is 3.21. The maximum absolute atomic E-state index is 13.4. The Morgan fingerprint density at radius 2 is 1.71 bits per heavy atom. The third-order valence-corrected chi connectivity index (χ3v) is 5.05. The summed E-state index contributed by atoms with van der Waals surface area (Å²) in [5.74, 6) is -2.85. The average molecular weight is 499 g/mol. The predicted molar refractivity (Wildman–Crippen MR) is 117 cm³/mol. The zero-order valence-corrected chi connectivity index (χ0v) is 18.9. The SMILES string of the molecule is CCCCC(N)=O.O=C(O)c1ccc(N2CCN(C(=O)c3cc(F)ccc3C(F)(F)F)CC2)nn1. The van der Waals surface area contributed by atoms with Crippen LogP contribution in [0.2, 0.25) is 0 Å². The van der Waals surface area contributed by atoms with Gasteiger partial charge in [0.05, 0.1) is 11.1 Å². The van der Waals surface area contributed by atoms with Crippen LogP contribution in [0.3, 0.4) is 0 Å². The fraction of sp³-hybridized carbons (Fsp3) is 0.409. The highest BCUT2D eigenvalue weighted by atomic mass is 19.4. The largest absolute Gasteiger partial charge is 0.476 e. The van der Waals surface area contributed by atoms with Gasteiger partial charge in [0.25, 0.3) is 5.91 Å². The second-order valence-corrected chi connectivity index (χ2v) is 7.62. The number of hydrogen-bond donors (Lipinski definition) is 2. The van der Waals surface area contributed by atoms with Crippen LogP contribution in [-0.2, 0) is 11.0 Å². The summed E-state index contributed by atoms with van der Waals surface area (Å²) in [5.41, 5.74) is 2.71. The van der Waals surface area contributed by atoms with Crippen LogP contribution in [0.15, 0.2) is 30.3 Å². The van der Waals surface area contributed by atoms with Gasteiger partial charge in [-0.3, -0.25) is 9.59 Å². The van der Waals surface area contributed by atoms with Crippen LogP contribution in [0.1, 0.15) is 52.6 Å². The van der Waals surface area contributed by atoms with E-state index < -0.39 is 35.0 Å². The van der Waals surface area contributed by atoms with Gasteiger partial charge in [0.2, 0.25) is 5.91 Å². The van der Waals surface area contributed by atoms with Gasteiger partial charge in [0, 0.05) is 32.6 Å². The second-order valence-electron chi connectivity index (χ2n) is 7.62. The molecule has 1 aliphatic heterocycles. The topological polar surface area (TPSA) is 130 Å². The molecule has 2 amide bonds. The Bertz CT molecular complexity index is 1040. The number of hydrogen-bond acceptors (Lipinski definition) is 6. The molecule has 35 heavy (non-hydrogen) atoms. The average Bonchev–Trinajstić information content (AvgIpc) is 2.82. The zero-order valence-electron chi connectivity index (χ0n) is 18.9. The molecule has 3 N–H and O–H groups in total. The maximum atomic E-state index is 13.4. The van der Waals surface area contributed by atoms with E-state index in [0.29, 0.717) is 30.4 Å². The van der Waals surface area contributed by atoms with Crippen molar-refractivity contribution in [2.75, 3.05) is 31.1 Å². The molecule has 1 saturated heterocycles. The third-order valence-electron chi connectivity index (χ3n) is 5.05. The van der Waals surface area contributed by atoms with Crippen LogP contribution < -0.4 is 10.6 Å². The molecule has 0 atom stereocenters. The van der Waals surface area contributed by atoms with Crippen LogP contribution in [-0.4, -0.2) is 64.2 Å². The molecule has 190 valence electrons. The minimum Gasteiger partial charge on any atom is -0.476 e. The second kappa shape index (κ2) is 12.1. The first-order valence-corrected chi connectivity index (χ1v) is 10.7. The number of aromatic carboxylic acids is 1. The number of carbonyl (C=O) groups is 3. The van der Waals surface area contributed by atoms with Crippen molar-refractivity contribution in [2.45, 2.75) is 32.4 Å². The van der Waals surface area contributed by atoms with E-state index in [1.54, 1.807) is 4.90 Å². The van der Waals surface area contributed by atoms with E-state index in [9.17, 15) is 31.9 Å². The van der Waals surface area contributed by atoms with Crippen LogP contribution in [0, 0.1) is 5.82 Å². The number of anilines is 1. The Balaban J connectivity index is 0.000000540. The van der Waals surface area contributed by atoms with Gasteiger partial charge in [-0.15, -0.1) is 10.2 Å². The number of nitrogens with two attached hydrogens (primary N) is 1. The summed E-state index contributed by atoms with van der Waals surface area (Å²) in [7, 11) is 0. The van der Waals surface area contributed by atoms with E-state index in [-0.39, 0.29) is 37.8 Å². The molecule has 3 rings (SSSR count). The Labute approximate surface area is 198 Å². The fourth-order valence-electron chi connectivity index (χ4n) is 3.21. The van der Waals surface area contributed by atoms with E-state index in [1.165, 1.54) is 17.0 Å². The zero-order chi connectivity index (χ0) is 26.2. The molecule has 2 aromatic rings. The number of carboxylic acid groups (broad SMARTS) is 1. The summed E-state index contributed by atoms with van der Waals surface area (Å²) < 4.78 is 52.8. The highest BCUT2D eigenvalue weighted by Gasteiger charge is 2.37. The number of aromatic nitrogens is 2. The molecule has 0 aliphatic carbocycles. The van der Waals surface area contributed by atoms with Crippen molar-refractivity contribution in [2.24, 2.45) is 5.73 Å². The monoisotopic (exact) mass is 499 g/mol. The molecular weight excluding hydrogens is 474 g/mol. The van der Waals surface area contributed by atoms with E-state index >= 15 is 0 Å². The molecule has 0 bridgehead atoms. The number of rotatable bonds is 6. The number of carboxylic acids is 1. The smallest absolute Gasteiger partial charge is 0.417 e. The first-order valence-electron chi connectivity index (χ1n) is 10.7. The van der Waals surface area contributed by atoms with Crippen LogP contribution in [0.5, 0.6) is 0 Å². The van der Waals surface area contributed by atoms with Gasteiger partial charge in [-0.25, -0.2) is 9.18 Å². The number of benzene rings is 1. The van der Waals surface area contributed by atoms with Gasteiger partial charge in [-0.1, -0.05) is 13.3 Å². The van der Waals surface area contributed by atoms with E-state index in [0.717, 1.165) is 12.8 Å². The van der Waals surface area contributed by atoms with Gasteiger partial charge in [0.15, 0.2) is 11.5 Å². The number of halogens is 4. The molecule has 0 radical (unpaired) electrons. The lowest BCUT2D eigenvalue weighted by molar-refractivity contribution is -0.138. The summed E-state index contributed by atoms with van der Waals surface area (Å²) in [5, 5.41) is 16.2. The molecule has 2 heterocycles. The minimum absolute atomic E-state index is 0.0923. The quantitative estimate of drug-likeness (QED) is 0.585. The highest BCUT2D eigenvalue weighted by Crippen LogP contribution is 2.33. The lowest BCUT2D eigenvalue weighted by Crippen LogP contribution is -2.49. The first-order chi connectivity index (χ1) is 16.4. The molecule has 0 spiro atoms. The highest BCUT2D eigenvalue weighted by molar-refractivity contribution is 5.96. The van der Waals surface area contributed by atoms with Crippen molar-refractivity contribution in [1.82, 2.24) is 15.1 Å². The summed E-state index contributed by atoms with van der Waals surface area (Å²) in [6, 6.07) is 4.55. The number of unbranched alkanes of at least 4 members (excludes halogenated alkanes) is 1. The summed E-state index contributed by atoms with van der Waals surface area (Å²) in [4.78, 5) is 36.2. The third kappa shape index (κ3) is 7.90. The van der Waals surface area contributed by atoms with Gasteiger partial charge in [0.1, 0.15) is 5.82 Å². The molecule has 1 aromatic heterocycles.